The molecule has 1 atom stereocenters. The summed E-state index contributed by atoms with van der Waals surface area (Å²) in [5.41, 5.74) is 0.780. The zero-order valence-electron chi connectivity index (χ0n) is 9.40. The van der Waals surface area contributed by atoms with E-state index in [4.69, 9.17) is 9.47 Å². The number of aliphatic hydroxyl groups excluding tert-OH is 1. The average molecular weight is 228 g/mol. The molecule has 1 N–H and O–H groups in total. The van der Waals surface area contributed by atoms with Gasteiger partial charge in [-0.3, -0.25) is 0 Å². The molecule has 84 valence electrons. The van der Waals surface area contributed by atoms with E-state index < -0.39 is 6.10 Å². The minimum absolute atomic E-state index is 0.545. The zero-order chi connectivity index (χ0) is 11.4. The summed E-state index contributed by atoms with van der Waals surface area (Å²) < 4.78 is 10.5. The molecule has 4 heteroatoms. The van der Waals surface area contributed by atoms with Gasteiger partial charge in [-0.15, -0.1) is 11.8 Å². The van der Waals surface area contributed by atoms with Crippen LogP contribution in [0.3, 0.4) is 0 Å². The lowest BCUT2D eigenvalue weighted by Crippen LogP contribution is -1.99. The number of benzene rings is 1. The van der Waals surface area contributed by atoms with E-state index in [1.165, 1.54) is 0 Å². The van der Waals surface area contributed by atoms with Crippen molar-refractivity contribution in [1.82, 2.24) is 0 Å². The third-order valence-corrected chi connectivity index (χ3v) is 2.98. The fourth-order valence-corrected chi connectivity index (χ4v) is 2.19. The van der Waals surface area contributed by atoms with Gasteiger partial charge in [-0.2, -0.15) is 0 Å². The molecular formula is C11H16O3S. The van der Waals surface area contributed by atoms with Crippen LogP contribution in [-0.2, 0) is 0 Å². The fraction of sp³-hybridized carbons (Fsp3) is 0.455. The zero-order valence-corrected chi connectivity index (χ0v) is 10.2. The first kappa shape index (κ1) is 12.2. The molecule has 0 radical (unpaired) electrons. The van der Waals surface area contributed by atoms with Crippen LogP contribution >= 0.6 is 11.8 Å². The van der Waals surface area contributed by atoms with E-state index in [0.29, 0.717) is 5.75 Å². The highest BCUT2D eigenvalue weighted by Crippen LogP contribution is 2.41. The molecule has 0 bridgehead atoms. The van der Waals surface area contributed by atoms with Crippen LogP contribution < -0.4 is 9.47 Å². The van der Waals surface area contributed by atoms with Crippen LogP contribution in [0.25, 0.3) is 0 Å². The highest BCUT2D eigenvalue weighted by Gasteiger charge is 2.16. The van der Waals surface area contributed by atoms with Crippen LogP contribution in [0.5, 0.6) is 11.5 Å². The molecule has 0 spiro atoms. The lowest BCUT2D eigenvalue weighted by Gasteiger charge is -2.16. The van der Waals surface area contributed by atoms with Gasteiger partial charge in [0.1, 0.15) is 11.5 Å². The predicted octanol–water partition coefficient (Wildman–Crippen LogP) is 2.48. The molecule has 0 aliphatic carbocycles. The van der Waals surface area contributed by atoms with Crippen LogP contribution in [0.15, 0.2) is 17.0 Å². The minimum atomic E-state index is -0.545. The number of rotatable bonds is 4. The molecule has 0 heterocycles. The highest BCUT2D eigenvalue weighted by atomic mass is 32.2. The first-order chi connectivity index (χ1) is 7.15. The number of ether oxygens (including phenoxy) is 2. The van der Waals surface area contributed by atoms with Crippen LogP contribution in [-0.4, -0.2) is 25.6 Å². The molecule has 3 nitrogen and oxygen atoms in total. The van der Waals surface area contributed by atoms with Crippen molar-refractivity contribution < 1.29 is 14.6 Å². The Morgan fingerprint density at radius 1 is 1.27 bits per heavy atom. The SMILES string of the molecule is COc1ccc(C(C)O)c(OC)c1SC. The quantitative estimate of drug-likeness (QED) is 0.803. The monoisotopic (exact) mass is 228 g/mol. The molecule has 0 aliphatic heterocycles. The topological polar surface area (TPSA) is 38.7 Å². The molecule has 1 rings (SSSR count). The summed E-state index contributed by atoms with van der Waals surface area (Å²) in [7, 11) is 3.22. The van der Waals surface area contributed by atoms with Crippen molar-refractivity contribution >= 4 is 11.8 Å². The third-order valence-electron chi connectivity index (χ3n) is 2.18. The molecule has 0 saturated carbocycles. The van der Waals surface area contributed by atoms with Gasteiger partial charge in [0.2, 0.25) is 0 Å². The van der Waals surface area contributed by atoms with Crippen LogP contribution in [0.2, 0.25) is 0 Å². The van der Waals surface area contributed by atoms with Gasteiger partial charge >= 0.3 is 0 Å². The van der Waals surface area contributed by atoms with E-state index in [0.717, 1.165) is 16.2 Å². The second-order valence-corrected chi connectivity index (χ2v) is 3.92. The summed E-state index contributed by atoms with van der Waals surface area (Å²) in [5.74, 6) is 1.46. The van der Waals surface area contributed by atoms with E-state index in [1.54, 1.807) is 32.9 Å². The lowest BCUT2D eigenvalue weighted by atomic mass is 10.1. The van der Waals surface area contributed by atoms with Crippen molar-refractivity contribution in [2.45, 2.75) is 17.9 Å². The standard InChI is InChI=1S/C11H16O3S/c1-7(12)8-5-6-9(13-2)11(15-4)10(8)14-3/h5-7,12H,1-4H3. The van der Waals surface area contributed by atoms with E-state index in [-0.39, 0.29) is 0 Å². The summed E-state index contributed by atoms with van der Waals surface area (Å²) >= 11 is 1.54. The van der Waals surface area contributed by atoms with Crippen LogP contribution in [0.4, 0.5) is 0 Å². The van der Waals surface area contributed by atoms with E-state index in [1.807, 2.05) is 18.4 Å². The van der Waals surface area contributed by atoms with Gasteiger partial charge in [-0.1, -0.05) is 0 Å². The molecule has 1 aromatic carbocycles. The Morgan fingerprint density at radius 2 is 1.93 bits per heavy atom. The van der Waals surface area contributed by atoms with Crippen molar-refractivity contribution in [2.75, 3.05) is 20.5 Å². The van der Waals surface area contributed by atoms with Crippen molar-refractivity contribution in [1.29, 1.82) is 0 Å². The fourth-order valence-electron chi connectivity index (χ4n) is 1.45. The molecular weight excluding hydrogens is 212 g/mol. The number of hydrogen-bond acceptors (Lipinski definition) is 4. The maximum absolute atomic E-state index is 9.59. The maximum atomic E-state index is 9.59. The summed E-state index contributed by atoms with van der Waals surface area (Å²) in [6.07, 6.45) is 1.41. The number of thioether (sulfide) groups is 1. The molecule has 15 heavy (non-hydrogen) atoms. The van der Waals surface area contributed by atoms with Crippen molar-refractivity contribution in [3.63, 3.8) is 0 Å². The van der Waals surface area contributed by atoms with Crippen LogP contribution in [0, 0.1) is 0 Å². The van der Waals surface area contributed by atoms with E-state index in [2.05, 4.69) is 0 Å². The Hall–Kier alpha value is -0.870. The van der Waals surface area contributed by atoms with E-state index >= 15 is 0 Å². The summed E-state index contributed by atoms with van der Waals surface area (Å²) in [6, 6.07) is 3.67. The van der Waals surface area contributed by atoms with Gasteiger partial charge in [0.15, 0.2) is 0 Å². The maximum Gasteiger partial charge on any atom is 0.141 e. The Labute approximate surface area is 94.4 Å². The van der Waals surface area contributed by atoms with Gasteiger partial charge in [-0.05, 0) is 25.3 Å². The largest absolute Gasteiger partial charge is 0.495 e. The molecule has 1 unspecified atom stereocenters. The molecule has 0 amide bonds. The number of aliphatic hydroxyl groups is 1. The first-order valence-electron chi connectivity index (χ1n) is 4.62. The number of hydrogen-bond donors (Lipinski definition) is 1. The lowest BCUT2D eigenvalue weighted by molar-refractivity contribution is 0.193. The first-order valence-corrected chi connectivity index (χ1v) is 5.85. The predicted molar refractivity (Wildman–Crippen MR) is 62.0 cm³/mol. The Balaban J connectivity index is 3.34. The van der Waals surface area contributed by atoms with Gasteiger partial charge < -0.3 is 14.6 Å². The summed E-state index contributed by atoms with van der Waals surface area (Å²) in [4.78, 5) is 0.915. The Morgan fingerprint density at radius 3 is 2.33 bits per heavy atom. The number of methoxy groups -OCH3 is 2. The van der Waals surface area contributed by atoms with Gasteiger partial charge in [-0.25, -0.2) is 0 Å². The van der Waals surface area contributed by atoms with Gasteiger partial charge in [0.25, 0.3) is 0 Å². The van der Waals surface area contributed by atoms with Crippen molar-refractivity contribution in [2.24, 2.45) is 0 Å². The van der Waals surface area contributed by atoms with Crippen LogP contribution in [0.1, 0.15) is 18.6 Å². The molecule has 0 aromatic heterocycles. The molecule has 0 fully saturated rings. The molecule has 0 saturated heterocycles. The Kier molecular flexibility index (Phi) is 4.29. The Bertz CT molecular complexity index is 337. The smallest absolute Gasteiger partial charge is 0.141 e. The summed E-state index contributed by atoms with van der Waals surface area (Å²) in [6.45, 7) is 1.72. The van der Waals surface area contributed by atoms with Crippen molar-refractivity contribution in [3.8, 4) is 11.5 Å². The van der Waals surface area contributed by atoms with Crippen molar-refractivity contribution in [3.05, 3.63) is 17.7 Å². The summed E-state index contributed by atoms with van der Waals surface area (Å²) in [5, 5.41) is 9.59. The average Bonchev–Trinajstić information content (AvgIpc) is 2.26. The minimum Gasteiger partial charge on any atom is -0.495 e. The third kappa shape index (κ3) is 2.38. The molecule has 0 aliphatic rings. The van der Waals surface area contributed by atoms with E-state index in [9.17, 15) is 5.11 Å². The normalized spacial score (nSPS) is 12.3. The highest BCUT2D eigenvalue weighted by molar-refractivity contribution is 7.98. The molecule has 1 aromatic rings. The van der Waals surface area contributed by atoms with Gasteiger partial charge in [0, 0.05) is 5.56 Å². The second kappa shape index (κ2) is 5.28. The second-order valence-electron chi connectivity index (χ2n) is 3.10. The van der Waals surface area contributed by atoms with Gasteiger partial charge in [0.05, 0.1) is 25.2 Å².